The van der Waals surface area contributed by atoms with E-state index in [1.165, 1.54) is 48.6 Å². The molecule has 0 unspecified atom stereocenters. The Morgan fingerprint density at radius 2 is 1.24 bits per heavy atom. The molecule has 2 aromatic rings. The average molecular weight is 514 g/mol. The van der Waals surface area contributed by atoms with Gasteiger partial charge in [-0.25, -0.2) is 9.59 Å². The van der Waals surface area contributed by atoms with E-state index in [0.717, 1.165) is 19.1 Å². The second-order valence-electron chi connectivity index (χ2n) is 8.58. The Labute approximate surface area is 211 Å². The maximum absolute atomic E-state index is 12.4. The van der Waals surface area contributed by atoms with Crippen LogP contribution in [0.2, 0.25) is 0 Å². The molecule has 6 N–H and O–H groups in total. The summed E-state index contributed by atoms with van der Waals surface area (Å²) in [6.45, 7) is 1.14. The van der Waals surface area contributed by atoms with Crippen LogP contribution in [-0.4, -0.2) is 72.3 Å². The van der Waals surface area contributed by atoms with Crippen LogP contribution >= 0.6 is 0 Å². The third-order valence-electron chi connectivity index (χ3n) is 5.85. The molecule has 11 nitrogen and oxygen atoms in total. The molecule has 0 spiro atoms. The number of carbonyl (C=O) groups is 3. The third kappa shape index (κ3) is 6.66. The fourth-order valence-electron chi connectivity index (χ4n) is 3.86. The fourth-order valence-corrected chi connectivity index (χ4v) is 3.86. The van der Waals surface area contributed by atoms with Crippen molar-refractivity contribution in [3.8, 4) is 23.0 Å². The van der Waals surface area contributed by atoms with E-state index in [-0.39, 0.29) is 17.2 Å². The number of phenols is 4. The number of ether oxygens (including phenoxy) is 2. The lowest BCUT2D eigenvalue weighted by Gasteiger charge is -2.42. The van der Waals surface area contributed by atoms with Crippen LogP contribution in [0.4, 0.5) is 0 Å². The minimum Gasteiger partial charge on any atom is -0.504 e. The third-order valence-corrected chi connectivity index (χ3v) is 5.85. The number of hydrogen-bond acceptors (Lipinski definition) is 11. The van der Waals surface area contributed by atoms with Crippen molar-refractivity contribution in [1.82, 2.24) is 0 Å². The molecule has 1 saturated carbocycles. The van der Waals surface area contributed by atoms with Gasteiger partial charge >= 0.3 is 11.9 Å². The molecule has 0 radical (unpaired) electrons. The first-order chi connectivity index (χ1) is 17.4. The molecular weight excluding hydrogens is 488 g/mol. The highest BCUT2D eigenvalue weighted by Gasteiger charge is 2.52. The molecule has 11 heteroatoms. The number of hydrogen-bond donors (Lipinski definition) is 6. The Balaban J connectivity index is 1.66. The number of carbonyl (C=O) groups excluding carboxylic acids is 3. The van der Waals surface area contributed by atoms with Gasteiger partial charge in [0.2, 0.25) is 0 Å². The van der Waals surface area contributed by atoms with Crippen LogP contribution in [0, 0.1) is 0 Å². The van der Waals surface area contributed by atoms with Crippen molar-refractivity contribution >= 4 is 29.9 Å². The van der Waals surface area contributed by atoms with Crippen LogP contribution in [0.1, 0.15) is 30.9 Å². The van der Waals surface area contributed by atoms with Crippen LogP contribution in [-0.2, 0) is 23.9 Å². The zero-order chi connectivity index (χ0) is 27.3. The Bertz CT molecular complexity index is 1240. The lowest BCUT2D eigenvalue weighted by molar-refractivity contribution is -0.198. The lowest BCUT2D eigenvalue weighted by atomic mass is 9.77. The predicted molar refractivity (Wildman–Crippen MR) is 128 cm³/mol. The Hall–Kier alpha value is -4.35. The molecule has 37 heavy (non-hydrogen) atoms. The van der Waals surface area contributed by atoms with Crippen molar-refractivity contribution in [2.75, 3.05) is 0 Å². The van der Waals surface area contributed by atoms with Gasteiger partial charge in [0.05, 0.1) is 12.2 Å². The number of esters is 2. The van der Waals surface area contributed by atoms with Gasteiger partial charge in [-0.1, -0.05) is 12.1 Å². The second-order valence-corrected chi connectivity index (χ2v) is 8.58. The summed E-state index contributed by atoms with van der Waals surface area (Å²) in [6, 6.07) is 7.70. The average Bonchev–Trinajstić information content (AvgIpc) is 2.83. The van der Waals surface area contributed by atoms with Crippen molar-refractivity contribution in [2.45, 2.75) is 43.7 Å². The lowest BCUT2D eigenvalue weighted by Crippen LogP contribution is -2.58. The molecule has 2 atom stereocenters. The number of Topliss-reactive ketones (excluding diaryl/α,β-unsaturated/α-hetero) is 1. The van der Waals surface area contributed by atoms with Gasteiger partial charge in [-0.15, -0.1) is 0 Å². The van der Waals surface area contributed by atoms with Crippen molar-refractivity contribution in [1.29, 1.82) is 0 Å². The molecule has 0 aromatic heterocycles. The Morgan fingerprint density at radius 3 is 1.68 bits per heavy atom. The molecule has 0 saturated heterocycles. The minimum atomic E-state index is -1.88. The van der Waals surface area contributed by atoms with Gasteiger partial charge < -0.3 is 40.1 Å². The van der Waals surface area contributed by atoms with Gasteiger partial charge in [-0.05, 0) is 54.5 Å². The summed E-state index contributed by atoms with van der Waals surface area (Å²) >= 11 is 0. The monoisotopic (exact) mass is 514 g/mol. The number of phenolic OH excluding ortho intramolecular Hbond substituents is 4. The predicted octanol–water partition coefficient (Wildman–Crippen LogP) is 1.53. The van der Waals surface area contributed by atoms with Crippen molar-refractivity contribution < 1.29 is 54.5 Å². The standard InChI is InChI=1S/C26H26O11/c1-14(27)26(37-24(35)9-5-16-3-7-18(29)20(31)11-16)12-21(32)25(22(33)13-26)36-23(34)8-4-15-2-6-17(28)19(30)10-15/h2-11,21-22,25,28-33H,12-13H2,1H3/b8-4+,9-5+/t21-,22-,25?,26?/m1/s1. The topological polar surface area (TPSA) is 191 Å². The molecule has 3 rings (SSSR count). The number of aliphatic hydroxyl groups excluding tert-OH is 2. The molecule has 0 amide bonds. The molecule has 0 aliphatic heterocycles. The zero-order valence-corrected chi connectivity index (χ0v) is 19.6. The van der Waals surface area contributed by atoms with Crippen LogP contribution in [0.3, 0.4) is 0 Å². The van der Waals surface area contributed by atoms with Crippen molar-refractivity contribution in [2.24, 2.45) is 0 Å². The van der Waals surface area contributed by atoms with Crippen LogP contribution in [0.5, 0.6) is 23.0 Å². The summed E-state index contributed by atoms with van der Waals surface area (Å²) in [5, 5.41) is 58.9. The first-order valence-corrected chi connectivity index (χ1v) is 11.1. The van der Waals surface area contributed by atoms with E-state index in [1.54, 1.807) is 0 Å². The first-order valence-electron chi connectivity index (χ1n) is 11.1. The SMILES string of the molecule is CC(=O)C1(OC(=O)/C=C/c2ccc(O)c(O)c2)C[C@@H](O)C(OC(=O)/C=C/c2ccc(O)c(O)c2)[C@H](O)C1. The molecule has 1 aliphatic rings. The number of ketones is 1. The molecule has 1 aliphatic carbocycles. The molecular formula is C26H26O11. The van der Waals surface area contributed by atoms with Gasteiger partial charge in [0.25, 0.3) is 0 Å². The second kappa shape index (κ2) is 11.1. The summed E-state index contributed by atoms with van der Waals surface area (Å²) in [6.07, 6.45) is -0.856. The van der Waals surface area contributed by atoms with E-state index < -0.39 is 60.2 Å². The van der Waals surface area contributed by atoms with Crippen molar-refractivity contribution in [3.05, 3.63) is 59.7 Å². The summed E-state index contributed by atoms with van der Waals surface area (Å²) in [5.41, 5.74) is -1.15. The van der Waals surface area contributed by atoms with Crippen LogP contribution < -0.4 is 0 Å². The smallest absolute Gasteiger partial charge is 0.331 e. The number of aliphatic hydroxyl groups is 2. The fraction of sp³-hybridized carbons (Fsp3) is 0.269. The number of benzene rings is 2. The van der Waals surface area contributed by atoms with Gasteiger partial charge in [0.1, 0.15) is 0 Å². The quantitative estimate of drug-likeness (QED) is 0.178. The first kappa shape index (κ1) is 27.2. The maximum Gasteiger partial charge on any atom is 0.331 e. The van der Waals surface area contributed by atoms with E-state index >= 15 is 0 Å². The van der Waals surface area contributed by atoms with E-state index in [1.807, 2.05) is 0 Å². The normalized spacial score (nSPS) is 23.7. The summed E-state index contributed by atoms with van der Waals surface area (Å²) in [7, 11) is 0. The van der Waals surface area contributed by atoms with Gasteiger partial charge in [-0.2, -0.15) is 0 Å². The largest absolute Gasteiger partial charge is 0.504 e. The molecule has 2 aromatic carbocycles. The highest BCUT2D eigenvalue weighted by Crippen LogP contribution is 2.35. The van der Waals surface area contributed by atoms with Gasteiger partial charge in [-0.3, -0.25) is 4.79 Å². The summed E-state index contributed by atoms with van der Waals surface area (Å²) in [4.78, 5) is 37.0. The summed E-state index contributed by atoms with van der Waals surface area (Å²) < 4.78 is 10.5. The number of aromatic hydroxyl groups is 4. The highest BCUT2D eigenvalue weighted by molar-refractivity contribution is 5.93. The van der Waals surface area contributed by atoms with Gasteiger partial charge in [0, 0.05) is 25.0 Å². The molecule has 0 heterocycles. The van der Waals surface area contributed by atoms with Crippen LogP contribution in [0.25, 0.3) is 12.2 Å². The minimum absolute atomic E-state index is 0.335. The van der Waals surface area contributed by atoms with E-state index in [2.05, 4.69) is 0 Å². The highest BCUT2D eigenvalue weighted by atomic mass is 16.6. The Morgan fingerprint density at radius 1 is 0.784 bits per heavy atom. The zero-order valence-electron chi connectivity index (χ0n) is 19.6. The molecule has 0 bridgehead atoms. The Kier molecular flexibility index (Phi) is 8.21. The van der Waals surface area contributed by atoms with E-state index in [0.29, 0.717) is 11.1 Å². The molecule has 1 fully saturated rings. The summed E-state index contributed by atoms with van der Waals surface area (Å²) in [5.74, 6) is -3.98. The van der Waals surface area contributed by atoms with Crippen molar-refractivity contribution in [3.63, 3.8) is 0 Å². The van der Waals surface area contributed by atoms with E-state index in [4.69, 9.17) is 9.47 Å². The van der Waals surface area contributed by atoms with Gasteiger partial charge in [0.15, 0.2) is 40.5 Å². The molecule has 196 valence electrons. The van der Waals surface area contributed by atoms with Crippen LogP contribution in [0.15, 0.2) is 48.6 Å². The number of rotatable bonds is 7. The maximum atomic E-state index is 12.4. The van der Waals surface area contributed by atoms with E-state index in [9.17, 15) is 45.0 Å².